The van der Waals surface area contributed by atoms with E-state index in [4.69, 9.17) is 0 Å². The highest BCUT2D eigenvalue weighted by molar-refractivity contribution is 5.78. The molecule has 0 amide bonds. The number of fused-ring (bicyclic) bond motifs is 5. The Balaban J connectivity index is 1.18. The monoisotopic (exact) mass is 672 g/mol. The summed E-state index contributed by atoms with van der Waals surface area (Å²) in [6.45, 7) is 1.08. The molecule has 52 heavy (non-hydrogen) atoms. The van der Waals surface area contributed by atoms with Crippen molar-refractivity contribution in [2.24, 2.45) is 0 Å². The Morgan fingerprint density at radius 3 is 2.00 bits per heavy atom. The Bertz CT molecular complexity index is 2630. The van der Waals surface area contributed by atoms with Crippen LogP contribution in [0.2, 0.25) is 0 Å². The summed E-state index contributed by atoms with van der Waals surface area (Å²) in [6.07, 6.45) is 29.7. The van der Waals surface area contributed by atoms with Gasteiger partial charge in [-0.25, -0.2) is 4.58 Å². The molecule has 0 saturated heterocycles. The van der Waals surface area contributed by atoms with Gasteiger partial charge in [0.25, 0.3) is 0 Å². The van der Waals surface area contributed by atoms with Crippen molar-refractivity contribution in [3.05, 3.63) is 183 Å². The summed E-state index contributed by atoms with van der Waals surface area (Å²) < 4.78 is 4.86. The second-order valence-corrected chi connectivity index (χ2v) is 13.7. The zero-order valence-corrected chi connectivity index (χ0v) is 29.2. The molecule has 3 aliphatic rings. The number of benzene rings is 3. The van der Waals surface area contributed by atoms with Gasteiger partial charge in [0.15, 0.2) is 18.1 Å². The first-order valence-electron chi connectivity index (χ1n) is 18.4. The van der Waals surface area contributed by atoms with Gasteiger partial charge in [-0.1, -0.05) is 91.0 Å². The van der Waals surface area contributed by atoms with Crippen LogP contribution in [-0.2, 0) is 6.42 Å². The van der Waals surface area contributed by atoms with Crippen molar-refractivity contribution in [2.45, 2.75) is 32.1 Å². The number of rotatable bonds is 6. The summed E-state index contributed by atoms with van der Waals surface area (Å²) in [4.78, 5) is 9.03. The third-order valence-corrected chi connectivity index (χ3v) is 10.4. The predicted molar refractivity (Wildman–Crippen MR) is 213 cm³/mol. The number of aromatic nitrogens is 3. The standard InChI is InChI=1S/C48H40N4/c1-4-27-49-43(11-1)38-21-16-35(17-22-38)14-15-37-26-32-52-31-8-10-42-40(25-20-36-18-23-39(24-19-36)44-12-2-5-28-50-44)34-41-9-7-30-51-29-6-3-13-45(51)47(41)48(42)46(52)33-37/h1-2,4-5,8,10-12,14-29,31-34H,3,6-7,9,13,30H2/q+2/b15-14+,25-20+. The van der Waals surface area contributed by atoms with Crippen molar-refractivity contribution in [3.63, 3.8) is 0 Å². The van der Waals surface area contributed by atoms with Gasteiger partial charge in [0.2, 0.25) is 5.35 Å². The summed E-state index contributed by atoms with van der Waals surface area (Å²) in [5.41, 5.74) is 13.2. The molecule has 0 N–H and O–H groups in total. The van der Waals surface area contributed by atoms with E-state index in [2.05, 4.69) is 147 Å². The van der Waals surface area contributed by atoms with Crippen LogP contribution in [-0.4, -0.2) is 27.3 Å². The van der Waals surface area contributed by atoms with E-state index >= 15 is 0 Å². The molecule has 0 saturated carbocycles. The molecule has 6 aromatic rings. The molecule has 0 radical (unpaired) electrons. The van der Waals surface area contributed by atoms with Crippen molar-refractivity contribution < 1.29 is 8.82 Å². The second-order valence-electron chi connectivity index (χ2n) is 13.7. The molecule has 3 aromatic heterocycles. The van der Waals surface area contributed by atoms with Crippen LogP contribution < -0.4 is 9.46 Å². The van der Waals surface area contributed by atoms with Crippen molar-refractivity contribution in [2.75, 3.05) is 6.54 Å². The van der Waals surface area contributed by atoms with Gasteiger partial charge in [-0.15, -0.1) is 0 Å². The van der Waals surface area contributed by atoms with E-state index in [1.807, 2.05) is 42.7 Å². The van der Waals surface area contributed by atoms with Gasteiger partial charge in [-0.3, -0.25) is 9.97 Å². The van der Waals surface area contributed by atoms with Crippen LogP contribution in [0.5, 0.6) is 0 Å². The van der Waals surface area contributed by atoms with Gasteiger partial charge in [0, 0.05) is 61.0 Å². The molecule has 0 spiro atoms. The van der Waals surface area contributed by atoms with E-state index in [1.165, 1.54) is 55.7 Å². The fourth-order valence-corrected chi connectivity index (χ4v) is 7.76. The summed E-state index contributed by atoms with van der Waals surface area (Å²) >= 11 is 0. The van der Waals surface area contributed by atoms with Crippen molar-refractivity contribution in [3.8, 4) is 22.5 Å². The average Bonchev–Trinajstić information content (AvgIpc) is 3.52. The van der Waals surface area contributed by atoms with E-state index in [0.717, 1.165) is 60.3 Å². The second kappa shape index (κ2) is 14.2. The summed E-state index contributed by atoms with van der Waals surface area (Å²) in [6, 6.07) is 36.5. The Kier molecular flexibility index (Phi) is 8.63. The number of aryl methyl sites for hydroxylation is 1. The molecule has 0 unspecified atom stereocenters. The quantitative estimate of drug-likeness (QED) is 0.131. The average molecular weight is 673 g/mol. The zero-order chi connectivity index (χ0) is 34.7. The number of nitrogens with zero attached hydrogens (tertiary/aromatic N) is 4. The number of pyridine rings is 3. The van der Waals surface area contributed by atoms with Gasteiger partial charge in [-0.05, 0) is 76.6 Å². The minimum absolute atomic E-state index is 0.989. The maximum Gasteiger partial charge on any atom is 0.219 e. The lowest BCUT2D eigenvalue weighted by atomic mass is 9.93. The van der Waals surface area contributed by atoms with Crippen LogP contribution in [0.15, 0.2) is 128 Å². The molecular weight excluding hydrogens is 633 g/mol. The molecule has 0 atom stereocenters. The van der Waals surface area contributed by atoms with Gasteiger partial charge in [-0.2, -0.15) is 4.24 Å². The molecule has 3 aromatic carbocycles. The van der Waals surface area contributed by atoms with E-state index in [1.54, 1.807) is 0 Å². The molecule has 9 rings (SSSR count). The van der Waals surface area contributed by atoms with Gasteiger partial charge in [0.1, 0.15) is 12.8 Å². The number of allylic oxidation sites excluding steroid dienone is 1. The minimum atomic E-state index is 0.989. The van der Waals surface area contributed by atoms with Crippen LogP contribution in [0.25, 0.3) is 58.6 Å². The first kappa shape index (κ1) is 31.7. The molecular formula is C48H40N4+2. The van der Waals surface area contributed by atoms with Crippen molar-refractivity contribution in [1.82, 2.24) is 9.97 Å². The highest BCUT2D eigenvalue weighted by atomic mass is 15.0. The normalized spacial score (nSPS) is 14.8. The lowest BCUT2D eigenvalue weighted by Gasteiger charge is -2.12. The molecule has 3 aliphatic heterocycles. The molecule has 6 heterocycles. The Morgan fingerprint density at radius 2 is 1.31 bits per heavy atom. The molecule has 4 nitrogen and oxygen atoms in total. The summed E-state index contributed by atoms with van der Waals surface area (Å²) in [5.74, 6) is 0. The Labute approximate surface area is 304 Å². The fraction of sp³-hybridized carbons (Fsp3) is 0.125. The summed E-state index contributed by atoms with van der Waals surface area (Å²) in [7, 11) is 0. The van der Waals surface area contributed by atoms with Crippen LogP contribution in [0.4, 0.5) is 0 Å². The van der Waals surface area contributed by atoms with Gasteiger partial charge >= 0.3 is 0 Å². The molecule has 4 heteroatoms. The first-order chi connectivity index (χ1) is 25.8. The third-order valence-electron chi connectivity index (χ3n) is 10.4. The van der Waals surface area contributed by atoms with E-state index < -0.39 is 0 Å². The maximum atomic E-state index is 4.53. The Hall–Kier alpha value is -6.26. The SMILES string of the molecule is C1=Cc2c(/C=C/c3ccc(-c4ccccn4)cc3)cc3c(c2=c2cc(/C=C/c4ccc(-c5ccccn5)cc4)cc[n+]2=C1)=C1CCCC=[N+]1CCC3. The number of hydrogen-bond donors (Lipinski definition) is 0. The smallest absolute Gasteiger partial charge is 0.219 e. The molecule has 0 fully saturated rings. The largest absolute Gasteiger partial charge is 0.256 e. The first-order valence-corrected chi connectivity index (χ1v) is 18.4. The lowest BCUT2D eigenvalue weighted by molar-refractivity contribution is -0.518. The number of hydrogen-bond acceptors (Lipinski definition) is 2. The lowest BCUT2D eigenvalue weighted by Crippen LogP contribution is -2.27. The third kappa shape index (κ3) is 6.40. The van der Waals surface area contributed by atoms with Crippen molar-refractivity contribution >= 4 is 42.3 Å². The molecule has 250 valence electrons. The summed E-state index contributed by atoms with van der Waals surface area (Å²) in [5, 5.41) is 3.99. The van der Waals surface area contributed by atoms with E-state index in [-0.39, 0.29) is 0 Å². The fourth-order valence-electron chi connectivity index (χ4n) is 7.76. The van der Waals surface area contributed by atoms with E-state index in [0.29, 0.717) is 0 Å². The van der Waals surface area contributed by atoms with Crippen LogP contribution in [0, 0.1) is 16.8 Å². The predicted octanol–water partition coefficient (Wildman–Crippen LogP) is 9.08. The molecule has 0 bridgehead atoms. The van der Waals surface area contributed by atoms with Crippen LogP contribution in [0.3, 0.4) is 0 Å². The molecule has 0 aliphatic carbocycles. The zero-order valence-electron chi connectivity index (χ0n) is 29.2. The van der Waals surface area contributed by atoms with Gasteiger partial charge < -0.3 is 0 Å². The highest BCUT2D eigenvalue weighted by Crippen LogP contribution is 2.25. The van der Waals surface area contributed by atoms with Crippen LogP contribution in [0.1, 0.15) is 59.1 Å². The highest BCUT2D eigenvalue weighted by Gasteiger charge is 2.25. The van der Waals surface area contributed by atoms with E-state index in [9.17, 15) is 0 Å². The van der Waals surface area contributed by atoms with Gasteiger partial charge in [0.05, 0.1) is 21.8 Å². The maximum absolute atomic E-state index is 4.53. The van der Waals surface area contributed by atoms with Crippen molar-refractivity contribution in [1.29, 1.82) is 0 Å². The topological polar surface area (TPSA) is 34.7 Å². The Morgan fingerprint density at radius 1 is 0.615 bits per heavy atom. The minimum Gasteiger partial charge on any atom is -0.256 e. The van der Waals surface area contributed by atoms with Crippen LogP contribution >= 0.6 is 0 Å².